The monoisotopic (exact) mass is 288 g/mol. The average molecular weight is 288 g/mol. The highest BCUT2D eigenvalue weighted by Gasteiger charge is 2.37. The van der Waals surface area contributed by atoms with Gasteiger partial charge in [0.1, 0.15) is 5.60 Å². The number of alkyl carbamates (subject to hydrolysis) is 1. The minimum atomic E-state index is -0.623. The largest absolute Gasteiger partial charge is 0.444 e. The zero-order valence-corrected chi connectivity index (χ0v) is 12.9. The minimum Gasteiger partial charge on any atom is -0.444 e. The topological polar surface area (TPSA) is 90.8 Å². The first-order valence-electron chi connectivity index (χ1n) is 7.22. The van der Waals surface area contributed by atoms with Crippen LogP contribution in [0.15, 0.2) is 0 Å². The summed E-state index contributed by atoms with van der Waals surface area (Å²) in [4.78, 5) is 11.6. The average Bonchev–Trinajstić information content (AvgIpc) is 2.30. The molecule has 0 saturated heterocycles. The van der Waals surface area contributed by atoms with E-state index in [0.717, 1.165) is 12.8 Å². The molecule has 1 rings (SSSR count). The van der Waals surface area contributed by atoms with E-state index in [4.69, 9.17) is 4.74 Å². The van der Waals surface area contributed by atoms with Gasteiger partial charge < -0.3 is 25.6 Å². The molecule has 1 amide bonds. The van der Waals surface area contributed by atoms with Gasteiger partial charge in [0, 0.05) is 12.1 Å². The number of aliphatic hydroxyl groups excluding tert-OH is 2. The van der Waals surface area contributed by atoms with Crippen LogP contribution in [0.1, 0.15) is 47.0 Å². The highest BCUT2D eigenvalue weighted by atomic mass is 16.6. The Balaban J connectivity index is 2.31. The van der Waals surface area contributed by atoms with Crippen LogP contribution in [-0.4, -0.2) is 52.7 Å². The number of ether oxygens (including phenoxy) is 1. The second-order valence-corrected chi connectivity index (χ2v) is 6.61. The van der Waals surface area contributed by atoms with E-state index < -0.39 is 17.2 Å². The van der Waals surface area contributed by atoms with E-state index in [1.54, 1.807) is 0 Å². The lowest BCUT2D eigenvalue weighted by Crippen LogP contribution is -2.62. The fraction of sp³-hybridized carbons (Fsp3) is 0.929. The predicted octanol–water partition coefficient (Wildman–Crippen LogP) is 0.765. The maximum atomic E-state index is 11.6. The maximum Gasteiger partial charge on any atom is 0.407 e. The van der Waals surface area contributed by atoms with Crippen LogP contribution in [0.2, 0.25) is 0 Å². The lowest BCUT2D eigenvalue weighted by Gasteiger charge is -2.42. The molecule has 4 N–H and O–H groups in total. The fourth-order valence-electron chi connectivity index (χ4n) is 2.23. The van der Waals surface area contributed by atoms with Crippen LogP contribution in [0.4, 0.5) is 4.79 Å². The summed E-state index contributed by atoms with van der Waals surface area (Å²) in [7, 11) is 0. The van der Waals surface area contributed by atoms with Gasteiger partial charge in [-0.1, -0.05) is 6.92 Å². The Morgan fingerprint density at radius 3 is 2.15 bits per heavy atom. The molecule has 0 heterocycles. The Hall–Kier alpha value is -0.850. The van der Waals surface area contributed by atoms with Crippen LogP contribution >= 0.6 is 0 Å². The first-order chi connectivity index (χ1) is 9.23. The first-order valence-corrected chi connectivity index (χ1v) is 7.22. The predicted molar refractivity (Wildman–Crippen MR) is 76.5 cm³/mol. The summed E-state index contributed by atoms with van der Waals surface area (Å²) in [5.74, 6) is 0. The number of hydrogen-bond acceptors (Lipinski definition) is 5. The molecule has 6 nitrogen and oxygen atoms in total. The third-order valence-corrected chi connectivity index (χ3v) is 3.65. The summed E-state index contributed by atoms with van der Waals surface area (Å²) in [6.07, 6.45) is 1.81. The third-order valence-electron chi connectivity index (χ3n) is 3.65. The summed E-state index contributed by atoms with van der Waals surface area (Å²) in [6, 6.07) is 0.295. The van der Waals surface area contributed by atoms with Crippen molar-refractivity contribution in [2.24, 2.45) is 0 Å². The van der Waals surface area contributed by atoms with Gasteiger partial charge in [0.2, 0.25) is 0 Å². The molecule has 1 aliphatic rings. The van der Waals surface area contributed by atoms with E-state index in [-0.39, 0.29) is 25.3 Å². The quantitative estimate of drug-likeness (QED) is 0.579. The molecule has 0 aromatic heterocycles. The molecule has 1 fully saturated rings. The van der Waals surface area contributed by atoms with Crippen molar-refractivity contribution < 1.29 is 19.7 Å². The van der Waals surface area contributed by atoms with Gasteiger partial charge >= 0.3 is 6.09 Å². The number of aliphatic hydroxyl groups is 2. The van der Waals surface area contributed by atoms with Crippen molar-refractivity contribution in [3.63, 3.8) is 0 Å². The molecule has 0 bridgehead atoms. The highest BCUT2D eigenvalue weighted by Crippen LogP contribution is 2.24. The molecule has 0 aromatic rings. The number of hydrogen-bond donors (Lipinski definition) is 4. The van der Waals surface area contributed by atoms with Crippen molar-refractivity contribution >= 4 is 6.09 Å². The molecule has 0 unspecified atom stereocenters. The number of rotatable bonds is 6. The summed E-state index contributed by atoms with van der Waals surface area (Å²) >= 11 is 0. The second-order valence-electron chi connectivity index (χ2n) is 6.61. The molecule has 0 aliphatic heterocycles. The van der Waals surface area contributed by atoms with Crippen molar-refractivity contribution in [2.75, 3.05) is 13.2 Å². The smallest absolute Gasteiger partial charge is 0.407 e. The Morgan fingerprint density at radius 1 is 1.20 bits per heavy atom. The van der Waals surface area contributed by atoms with Crippen molar-refractivity contribution in [2.45, 2.75) is 70.2 Å². The molecule has 0 spiro atoms. The molecule has 1 aliphatic carbocycles. The Bertz CT molecular complexity index is 309. The number of carbonyl (C=O) groups excluding carboxylic acids is 1. The van der Waals surface area contributed by atoms with Gasteiger partial charge in [-0.3, -0.25) is 0 Å². The summed E-state index contributed by atoms with van der Waals surface area (Å²) in [5, 5.41) is 24.8. The second kappa shape index (κ2) is 6.74. The van der Waals surface area contributed by atoms with Crippen LogP contribution in [-0.2, 0) is 4.74 Å². The van der Waals surface area contributed by atoms with Crippen molar-refractivity contribution in [3.8, 4) is 0 Å². The fourth-order valence-corrected chi connectivity index (χ4v) is 2.23. The van der Waals surface area contributed by atoms with E-state index in [9.17, 15) is 15.0 Å². The van der Waals surface area contributed by atoms with Gasteiger partial charge in [0.05, 0.1) is 18.8 Å². The van der Waals surface area contributed by atoms with Gasteiger partial charge in [-0.25, -0.2) is 4.79 Å². The van der Waals surface area contributed by atoms with Crippen LogP contribution in [0.5, 0.6) is 0 Å². The molecule has 118 valence electrons. The third kappa shape index (κ3) is 4.92. The van der Waals surface area contributed by atoms with Crippen molar-refractivity contribution in [3.05, 3.63) is 0 Å². The molecule has 0 atom stereocenters. The van der Waals surface area contributed by atoms with Gasteiger partial charge in [0.15, 0.2) is 0 Å². The maximum absolute atomic E-state index is 11.6. The van der Waals surface area contributed by atoms with Gasteiger partial charge in [0.25, 0.3) is 0 Å². The van der Waals surface area contributed by atoms with Crippen molar-refractivity contribution in [1.82, 2.24) is 10.6 Å². The van der Waals surface area contributed by atoms with Crippen LogP contribution < -0.4 is 10.6 Å². The van der Waals surface area contributed by atoms with E-state index >= 15 is 0 Å². The van der Waals surface area contributed by atoms with E-state index in [1.165, 1.54) is 0 Å². The lowest BCUT2D eigenvalue weighted by molar-refractivity contribution is 0.0392. The minimum absolute atomic E-state index is 0.0919. The summed E-state index contributed by atoms with van der Waals surface area (Å²) in [6.45, 7) is 7.22. The van der Waals surface area contributed by atoms with Crippen LogP contribution in [0, 0.1) is 0 Å². The molecule has 0 radical (unpaired) electrons. The Labute approximate surface area is 120 Å². The SMILES string of the molecule is CCC(CO)(CO)NC1CC(NC(=O)OC(C)(C)C)C1. The highest BCUT2D eigenvalue weighted by molar-refractivity contribution is 5.68. The standard InChI is InChI=1S/C14H28N2O4/c1-5-14(8-17,9-18)16-11-6-10(7-11)15-12(19)20-13(2,3)4/h10-11,16-18H,5-9H2,1-4H3,(H,15,19). The summed E-state index contributed by atoms with van der Waals surface area (Å²) < 4.78 is 5.19. The van der Waals surface area contributed by atoms with Gasteiger partial charge in [-0.2, -0.15) is 0 Å². The van der Waals surface area contributed by atoms with Crippen LogP contribution in [0.25, 0.3) is 0 Å². The van der Waals surface area contributed by atoms with E-state index in [1.807, 2.05) is 27.7 Å². The number of amides is 1. The molecular formula is C14H28N2O4. The molecular weight excluding hydrogens is 260 g/mol. The van der Waals surface area contributed by atoms with E-state index in [2.05, 4.69) is 10.6 Å². The molecule has 20 heavy (non-hydrogen) atoms. The molecule has 0 aromatic carbocycles. The Kier molecular flexibility index (Phi) is 5.79. The molecule has 1 saturated carbocycles. The van der Waals surface area contributed by atoms with Crippen molar-refractivity contribution in [1.29, 1.82) is 0 Å². The number of carbonyl (C=O) groups is 1. The van der Waals surface area contributed by atoms with Gasteiger partial charge in [-0.05, 0) is 40.0 Å². The zero-order chi connectivity index (χ0) is 15.4. The summed E-state index contributed by atoms with van der Waals surface area (Å²) in [5.41, 5.74) is -1.11. The first kappa shape index (κ1) is 17.2. The Morgan fingerprint density at radius 2 is 1.75 bits per heavy atom. The van der Waals surface area contributed by atoms with Crippen LogP contribution in [0.3, 0.4) is 0 Å². The lowest BCUT2D eigenvalue weighted by atomic mass is 9.84. The number of nitrogens with one attached hydrogen (secondary N) is 2. The normalized spacial score (nSPS) is 23.1. The van der Waals surface area contributed by atoms with E-state index in [0.29, 0.717) is 6.42 Å². The zero-order valence-electron chi connectivity index (χ0n) is 12.9. The van der Waals surface area contributed by atoms with Gasteiger partial charge in [-0.15, -0.1) is 0 Å². The molecule has 6 heteroatoms.